The number of carbonyl (C=O) groups excluding carboxylic acids is 3. The molecule has 1 aromatic rings. The largest absolute Gasteiger partial charge is 0.505 e. The molecular weight excluding hydrogens is 983 g/mol. The number of ether oxygens (including phenoxy) is 8. The van der Waals surface area contributed by atoms with Gasteiger partial charge in [-0.05, 0) is 90.5 Å². The Balaban J connectivity index is 1.62. The van der Waals surface area contributed by atoms with Crippen molar-refractivity contribution in [3.8, 4) is 11.5 Å². The zero-order valence-electron chi connectivity index (χ0n) is 43.0. The molecule has 2 saturated heterocycles. The summed E-state index contributed by atoms with van der Waals surface area (Å²) in [5, 5.41) is 76.5. The maximum atomic E-state index is 14.0. The van der Waals surface area contributed by atoms with Crippen LogP contribution in [0.1, 0.15) is 111 Å². The summed E-state index contributed by atoms with van der Waals surface area (Å²) in [6.07, 6.45) is -5.43. The monoisotopic (exact) mass is 1060 g/mol. The summed E-state index contributed by atoms with van der Waals surface area (Å²) in [6, 6.07) is 0. The summed E-state index contributed by atoms with van der Waals surface area (Å²) in [7, 11) is 1.26. The summed E-state index contributed by atoms with van der Waals surface area (Å²) in [5.41, 5.74) is 0.283. The van der Waals surface area contributed by atoms with E-state index in [-0.39, 0.29) is 35.4 Å². The highest BCUT2D eigenvalue weighted by Crippen LogP contribution is 2.45. The number of methoxy groups -OCH3 is 1. The standard InChI is InChI=1S/C52H74Cl2O18/c1-13-30-22-26(6)33(56)18-16-15-17-31(23-66-51-45(65-12)40(59)43(29(9)67-51)69-49(64)35-32(14-2)36(53)39(58)37(54)38(35)57)48(63)68-34(28(8)55)20-19-25(5)21-27(7)42(30)71-50-41(60)44(70-47(62)24(3)4)46(61)52(10,11)72-50/h15-17,19,21-22,24,28-30,33-34,40-46,50-51,55-61H,13-14,18,20,23H2,1-12H3. The van der Waals surface area contributed by atoms with Gasteiger partial charge in [-0.15, -0.1) is 0 Å². The Morgan fingerprint density at radius 3 is 2.17 bits per heavy atom. The number of hydrogen-bond acceptors (Lipinski definition) is 18. The molecule has 0 aromatic heterocycles. The fraction of sp³-hybridized carbons (Fsp3) is 0.635. The number of phenols is 2. The molecule has 4 rings (SSSR count). The second-order valence-corrected chi connectivity index (χ2v) is 20.1. The van der Waals surface area contributed by atoms with E-state index in [0.717, 1.165) is 0 Å². The minimum Gasteiger partial charge on any atom is -0.505 e. The van der Waals surface area contributed by atoms with Gasteiger partial charge in [-0.2, -0.15) is 0 Å². The van der Waals surface area contributed by atoms with Crippen LogP contribution in [0.4, 0.5) is 0 Å². The van der Waals surface area contributed by atoms with Crippen molar-refractivity contribution in [1.82, 2.24) is 0 Å². The van der Waals surface area contributed by atoms with Crippen LogP contribution in [0.3, 0.4) is 0 Å². The Hall–Kier alpha value is -3.89. The molecule has 14 atom stereocenters. The van der Waals surface area contributed by atoms with Crippen molar-refractivity contribution in [3.05, 3.63) is 79.9 Å². The first kappa shape index (κ1) is 60.7. The van der Waals surface area contributed by atoms with Crippen molar-refractivity contribution < 1.29 is 88.0 Å². The lowest BCUT2D eigenvalue weighted by atomic mass is 9.88. The molecule has 18 nitrogen and oxygen atoms in total. The number of benzene rings is 1. The van der Waals surface area contributed by atoms with Crippen LogP contribution in [0.15, 0.2) is 58.7 Å². The van der Waals surface area contributed by atoms with Gasteiger partial charge in [0.2, 0.25) is 0 Å². The van der Waals surface area contributed by atoms with Crippen molar-refractivity contribution in [2.45, 2.75) is 187 Å². The van der Waals surface area contributed by atoms with Crippen molar-refractivity contribution in [3.63, 3.8) is 0 Å². The van der Waals surface area contributed by atoms with Crippen LogP contribution in [0.5, 0.6) is 11.5 Å². The number of carbonyl (C=O) groups is 3. The van der Waals surface area contributed by atoms with Crippen LogP contribution < -0.4 is 0 Å². The summed E-state index contributed by atoms with van der Waals surface area (Å²) in [6.45, 7) is 18.0. The highest BCUT2D eigenvalue weighted by Gasteiger charge is 2.53. The van der Waals surface area contributed by atoms with Gasteiger partial charge in [-0.1, -0.05) is 86.9 Å². The summed E-state index contributed by atoms with van der Waals surface area (Å²) < 4.78 is 47.5. The van der Waals surface area contributed by atoms with Crippen molar-refractivity contribution in [2.75, 3.05) is 13.7 Å². The van der Waals surface area contributed by atoms with Crippen LogP contribution in [0.25, 0.3) is 0 Å². The maximum absolute atomic E-state index is 14.0. The number of cyclic esters (lactones) is 1. The molecule has 20 heteroatoms. The molecule has 0 spiro atoms. The quantitative estimate of drug-likeness (QED) is 0.0655. The average molecular weight is 1060 g/mol. The Morgan fingerprint density at radius 1 is 0.903 bits per heavy atom. The molecule has 404 valence electrons. The second kappa shape index (κ2) is 26.5. The second-order valence-electron chi connectivity index (χ2n) is 19.4. The third kappa shape index (κ3) is 14.7. The first-order valence-electron chi connectivity index (χ1n) is 24.2. The van der Waals surface area contributed by atoms with E-state index < -0.39 is 144 Å². The first-order chi connectivity index (χ1) is 33.7. The number of aromatic hydroxyl groups is 2. The molecule has 3 aliphatic heterocycles. The molecule has 2 fully saturated rings. The number of rotatable bonds is 13. The molecule has 0 saturated carbocycles. The van der Waals surface area contributed by atoms with E-state index in [2.05, 4.69) is 0 Å². The predicted molar refractivity (Wildman–Crippen MR) is 265 cm³/mol. The minimum atomic E-state index is -1.57. The number of esters is 3. The Morgan fingerprint density at radius 2 is 1.57 bits per heavy atom. The van der Waals surface area contributed by atoms with Gasteiger partial charge < -0.3 is 73.6 Å². The number of phenolic OH excluding ortho intramolecular Hbond substituents is 2. The molecule has 0 amide bonds. The normalized spacial score (nSPS) is 31.5. The number of halogens is 2. The van der Waals surface area contributed by atoms with E-state index in [4.69, 9.17) is 61.1 Å². The maximum Gasteiger partial charge on any atom is 0.342 e. The Kier molecular flexibility index (Phi) is 22.4. The van der Waals surface area contributed by atoms with Gasteiger partial charge in [0.15, 0.2) is 36.3 Å². The Labute approximate surface area is 431 Å². The molecule has 0 radical (unpaired) electrons. The van der Waals surface area contributed by atoms with Crippen molar-refractivity contribution in [2.24, 2.45) is 11.8 Å². The molecule has 1 aromatic carbocycles. The molecule has 0 bridgehead atoms. The summed E-state index contributed by atoms with van der Waals surface area (Å²) in [5.74, 6) is -4.88. The van der Waals surface area contributed by atoms with Gasteiger partial charge in [0.25, 0.3) is 0 Å². The molecular formula is C52H74Cl2O18. The number of hydrogen-bond donors (Lipinski definition) is 7. The molecule has 14 unspecified atom stereocenters. The number of aliphatic hydroxyl groups excluding tert-OH is 5. The lowest BCUT2D eigenvalue weighted by molar-refractivity contribution is -0.333. The van der Waals surface area contributed by atoms with E-state index in [9.17, 15) is 50.1 Å². The van der Waals surface area contributed by atoms with Gasteiger partial charge in [0.05, 0.1) is 53.1 Å². The first-order valence-corrected chi connectivity index (χ1v) is 24.9. The third-order valence-electron chi connectivity index (χ3n) is 13.0. The van der Waals surface area contributed by atoms with Gasteiger partial charge in [-0.25, -0.2) is 9.59 Å². The third-order valence-corrected chi connectivity index (χ3v) is 13.8. The number of allylic oxidation sites excluding steroid dienone is 4. The fourth-order valence-electron chi connectivity index (χ4n) is 8.52. The van der Waals surface area contributed by atoms with E-state index in [1.165, 1.54) is 33.1 Å². The van der Waals surface area contributed by atoms with E-state index in [1.54, 1.807) is 53.7 Å². The summed E-state index contributed by atoms with van der Waals surface area (Å²) >= 11 is 12.3. The smallest absolute Gasteiger partial charge is 0.342 e. The van der Waals surface area contributed by atoms with Crippen LogP contribution in [-0.4, -0.2) is 153 Å². The van der Waals surface area contributed by atoms with Crippen LogP contribution in [0.2, 0.25) is 10.0 Å². The van der Waals surface area contributed by atoms with Crippen LogP contribution in [0, 0.1) is 11.8 Å². The molecule has 7 N–H and O–H groups in total. The van der Waals surface area contributed by atoms with Crippen LogP contribution >= 0.6 is 23.2 Å². The molecule has 0 aliphatic carbocycles. The molecule has 3 aliphatic rings. The Bertz CT molecular complexity index is 2220. The fourth-order valence-corrected chi connectivity index (χ4v) is 9.08. The lowest BCUT2D eigenvalue weighted by Gasteiger charge is -2.47. The summed E-state index contributed by atoms with van der Waals surface area (Å²) in [4.78, 5) is 40.1. The van der Waals surface area contributed by atoms with Gasteiger partial charge in [-0.3, -0.25) is 4.79 Å². The van der Waals surface area contributed by atoms with E-state index in [1.807, 2.05) is 32.9 Å². The topological polar surface area (TPSA) is 267 Å². The highest BCUT2D eigenvalue weighted by molar-refractivity contribution is 6.39. The minimum absolute atomic E-state index is 0.0379. The van der Waals surface area contributed by atoms with E-state index >= 15 is 0 Å². The van der Waals surface area contributed by atoms with Crippen molar-refractivity contribution >= 4 is 41.1 Å². The SMILES string of the molecule is CCc1c(Cl)c(O)c(Cl)c(O)c1C(=O)OC1C(C)OC(OCC2=CC=CCC(O)C(C)=CC(CC)C(OC3OC(C)(C)C(O)C(OC(=O)C(C)C)C3O)C(C)=CC(C)=CCC(C(C)O)OC2=O)C(OC)C1O. The molecule has 3 heterocycles. The van der Waals surface area contributed by atoms with Gasteiger partial charge in [0, 0.05) is 19.4 Å². The highest BCUT2D eigenvalue weighted by atomic mass is 35.5. The van der Waals surface area contributed by atoms with Crippen molar-refractivity contribution in [1.29, 1.82) is 0 Å². The van der Waals surface area contributed by atoms with Gasteiger partial charge in [0.1, 0.15) is 41.1 Å². The predicted octanol–water partition coefficient (Wildman–Crippen LogP) is 6.23. The van der Waals surface area contributed by atoms with Gasteiger partial charge >= 0.3 is 17.9 Å². The molecule has 72 heavy (non-hydrogen) atoms. The lowest BCUT2D eigenvalue weighted by Crippen LogP contribution is -2.64. The average Bonchev–Trinajstić information content (AvgIpc) is 3.32. The van der Waals surface area contributed by atoms with Crippen LogP contribution in [-0.2, 0) is 53.9 Å². The zero-order chi connectivity index (χ0) is 54.1. The van der Waals surface area contributed by atoms with E-state index in [0.29, 0.717) is 23.1 Å². The zero-order valence-corrected chi connectivity index (χ0v) is 44.5. The number of aliphatic hydroxyl groups is 5.